The smallest absolute Gasteiger partial charge is 0.0914 e. The Kier molecular flexibility index (Phi) is 4.62. The van der Waals surface area contributed by atoms with E-state index in [2.05, 4.69) is 5.32 Å². The Morgan fingerprint density at radius 2 is 1.83 bits per heavy atom. The molecule has 0 aliphatic heterocycles. The van der Waals surface area contributed by atoms with E-state index >= 15 is 0 Å². The van der Waals surface area contributed by atoms with Gasteiger partial charge in [-0.2, -0.15) is 0 Å². The number of benzene rings is 1. The molecule has 1 aromatic carbocycles. The van der Waals surface area contributed by atoms with Gasteiger partial charge in [0.25, 0.3) is 0 Å². The second kappa shape index (κ2) is 6.02. The fourth-order valence-corrected chi connectivity index (χ4v) is 2.68. The van der Waals surface area contributed by atoms with Crippen molar-refractivity contribution in [2.75, 3.05) is 13.2 Å². The van der Waals surface area contributed by atoms with Gasteiger partial charge in [0.2, 0.25) is 0 Å². The predicted molar refractivity (Wildman–Crippen MR) is 72.7 cm³/mol. The number of aliphatic hydroxyl groups excluding tert-OH is 2. The van der Waals surface area contributed by atoms with Crippen LogP contribution in [0.1, 0.15) is 37.4 Å². The highest BCUT2D eigenvalue weighted by Crippen LogP contribution is 2.29. The molecule has 0 radical (unpaired) electrons. The van der Waals surface area contributed by atoms with Crippen molar-refractivity contribution in [1.29, 1.82) is 0 Å². The largest absolute Gasteiger partial charge is 0.394 e. The van der Waals surface area contributed by atoms with Gasteiger partial charge in [0, 0.05) is 17.1 Å². The quantitative estimate of drug-likeness (QED) is 0.769. The first-order chi connectivity index (χ1) is 8.65. The van der Waals surface area contributed by atoms with E-state index in [0.717, 1.165) is 31.2 Å². The van der Waals surface area contributed by atoms with E-state index in [1.54, 1.807) is 12.1 Å². The van der Waals surface area contributed by atoms with Crippen LogP contribution in [-0.2, 0) is 0 Å². The number of β-amino-alcohol motifs (C(OH)–C–C–N with tert-alkyl or cyclic N) is 1. The lowest BCUT2D eigenvalue weighted by atomic mass is 9.98. The molecule has 3 N–H and O–H groups in total. The van der Waals surface area contributed by atoms with E-state index in [9.17, 15) is 10.2 Å². The van der Waals surface area contributed by atoms with E-state index in [1.165, 1.54) is 0 Å². The molecule has 3 nitrogen and oxygen atoms in total. The van der Waals surface area contributed by atoms with Crippen LogP contribution in [0.3, 0.4) is 0 Å². The SMILES string of the molecule is OCC1(NCC(O)c2ccc(Cl)cc2)CCCC1. The van der Waals surface area contributed by atoms with Crippen molar-refractivity contribution in [3.63, 3.8) is 0 Å². The Balaban J connectivity index is 1.91. The average Bonchev–Trinajstić information content (AvgIpc) is 2.86. The second-order valence-corrected chi connectivity index (χ2v) is 5.53. The molecule has 18 heavy (non-hydrogen) atoms. The molecule has 0 spiro atoms. The van der Waals surface area contributed by atoms with Crippen molar-refractivity contribution in [2.24, 2.45) is 0 Å². The van der Waals surface area contributed by atoms with Gasteiger partial charge >= 0.3 is 0 Å². The van der Waals surface area contributed by atoms with Crippen LogP contribution in [0.25, 0.3) is 0 Å². The molecule has 1 saturated carbocycles. The molecule has 2 rings (SSSR count). The van der Waals surface area contributed by atoms with Crippen LogP contribution < -0.4 is 5.32 Å². The van der Waals surface area contributed by atoms with E-state index in [4.69, 9.17) is 11.6 Å². The summed E-state index contributed by atoms with van der Waals surface area (Å²) in [6, 6.07) is 7.21. The molecule has 1 aliphatic carbocycles. The lowest BCUT2D eigenvalue weighted by Gasteiger charge is -2.29. The van der Waals surface area contributed by atoms with E-state index < -0.39 is 6.10 Å². The second-order valence-electron chi connectivity index (χ2n) is 5.09. The van der Waals surface area contributed by atoms with Crippen molar-refractivity contribution in [1.82, 2.24) is 5.32 Å². The van der Waals surface area contributed by atoms with Crippen LogP contribution in [0.5, 0.6) is 0 Å². The zero-order valence-electron chi connectivity index (χ0n) is 10.4. The third-order valence-electron chi connectivity index (χ3n) is 3.79. The first kappa shape index (κ1) is 13.8. The monoisotopic (exact) mass is 269 g/mol. The van der Waals surface area contributed by atoms with Gasteiger partial charge in [0.15, 0.2) is 0 Å². The third kappa shape index (κ3) is 3.23. The van der Waals surface area contributed by atoms with Gasteiger partial charge in [-0.1, -0.05) is 36.6 Å². The molecular formula is C14H20ClNO2. The number of rotatable bonds is 5. The minimum absolute atomic E-state index is 0.139. The van der Waals surface area contributed by atoms with Gasteiger partial charge in [0.1, 0.15) is 0 Å². The Morgan fingerprint density at radius 1 is 1.22 bits per heavy atom. The molecule has 1 fully saturated rings. The van der Waals surface area contributed by atoms with Crippen LogP contribution >= 0.6 is 11.6 Å². The van der Waals surface area contributed by atoms with Crippen molar-refractivity contribution >= 4 is 11.6 Å². The Morgan fingerprint density at radius 3 is 2.39 bits per heavy atom. The summed E-state index contributed by atoms with van der Waals surface area (Å²) in [4.78, 5) is 0. The average molecular weight is 270 g/mol. The van der Waals surface area contributed by atoms with Crippen molar-refractivity contribution in [3.05, 3.63) is 34.9 Å². The summed E-state index contributed by atoms with van der Waals surface area (Å²) in [7, 11) is 0. The van der Waals surface area contributed by atoms with Crippen molar-refractivity contribution in [2.45, 2.75) is 37.3 Å². The Hall–Kier alpha value is -0.610. The maximum absolute atomic E-state index is 10.1. The van der Waals surface area contributed by atoms with Crippen LogP contribution in [0, 0.1) is 0 Å². The van der Waals surface area contributed by atoms with Crippen LogP contribution in [0.4, 0.5) is 0 Å². The summed E-state index contributed by atoms with van der Waals surface area (Å²) in [6.07, 6.45) is 3.69. The molecule has 4 heteroatoms. The number of aliphatic hydroxyl groups is 2. The first-order valence-electron chi connectivity index (χ1n) is 6.45. The van der Waals surface area contributed by atoms with Crippen molar-refractivity contribution in [3.8, 4) is 0 Å². The minimum atomic E-state index is -0.564. The summed E-state index contributed by atoms with van der Waals surface area (Å²) in [5.41, 5.74) is 0.658. The standard InChI is InChI=1S/C14H20ClNO2/c15-12-5-3-11(4-6-12)13(18)9-16-14(10-17)7-1-2-8-14/h3-6,13,16-18H,1-2,7-10H2. The van der Waals surface area contributed by atoms with Gasteiger partial charge in [-0.3, -0.25) is 0 Å². The number of hydrogen-bond acceptors (Lipinski definition) is 3. The van der Waals surface area contributed by atoms with Gasteiger partial charge < -0.3 is 15.5 Å². The molecule has 1 unspecified atom stereocenters. The molecule has 0 bridgehead atoms. The number of hydrogen-bond donors (Lipinski definition) is 3. The lowest BCUT2D eigenvalue weighted by molar-refractivity contribution is 0.122. The predicted octanol–water partition coefficient (Wildman–Crippen LogP) is 2.27. The maximum atomic E-state index is 10.1. The third-order valence-corrected chi connectivity index (χ3v) is 4.04. The molecule has 1 aromatic rings. The van der Waals surface area contributed by atoms with Gasteiger partial charge in [-0.15, -0.1) is 0 Å². The topological polar surface area (TPSA) is 52.5 Å². The summed E-state index contributed by atoms with van der Waals surface area (Å²) >= 11 is 5.81. The maximum Gasteiger partial charge on any atom is 0.0914 e. The van der Waals surface area contributed by atoms with Gasteiger partial charge in [-0.25, -0.2) is 0 Å². The molecule has 1 aliphatic rings. The zero-order chi connectivity index (χ0) is 13.0. The summed E-state index contributed by atoms with van der Waals surface area (Å²) in [6.45, 7) is 0.600. The summed E-state index contributed by atoms with van der Waals surface area (Å²) in [5.74, 6) is 0. The van der Waals surface area contributed by atoms with Crippen molar-refractivity contribution < 1.29 is 10.2 Å². The molecule has 1 atom stereocenters. The van der Waals surface area contributed by atoms with Crippen LogP contribution in [-0.4, -0.2) is 28.9 Å². The Labute approximate surface area is 113 Å². The fraction of sp³-hybridized carbons (Fsp3) is 0.571. The molecule has 0 heterocycles. The highest BCUT2D eigenvalue weighted by molar-refractivity contribution is 6.30. The fourth-order valence-electron chi connectivity index (χ4n) is 2.56. The Bertz CT molecular complexity index is 374. The summed E-state index contributed by atoms with van der Waals surface area (Å²) in [5, 5.41) is 23.6. The van der Waals surface area contributed by atoms with E-state index in [1.807, 2.05) is 12.1 Å². The molecule has 0 aromatic heterocycles. The van der Waals surface area contributed by atoms with Crippen LogP contribution in [0.2, 0.25) is 5.02 Å². The molecule has 100 valence electrons. The number of nitrogens with one attached hydrogen (secondary N) is 1. The minimum Gasteiger partial charge on any atom is -0.394 e. The highest BCUT2D eigenvalue weighted by atomic mass is 35.5. The molecular weight excluding hydrogens is 250 g/mol. The van der Waals surface area contributed by atoms with Gasteiger partial charge in [0.05, 0.1) is 12.7 Å². The van der Waals surface area contributed by atoms with Gasteiger partial charge in [-0.05, 0) is 30.5 Å². The normalized spacial score (nSPS) is 19.9. The van der Waals surface area contributed by atoms with E-state index in [-0.39, 0.29) is 12.1 Å². The van der Waals surface area contributed by atoms with Crippen LogP contribution in [0.15, 0.2) is 24.3 Å². The van der Waals surface area contributed by atoms with E-state index in [0.29, 0.717) is 11.6 Å². The zero-order valence-corrected chi connectivity index (χ0v) is 11.2. The highest BCUT2D eigenvalue weighted by Gasteiger charge is 2.32. The molecule has 0 saturated heterocycles. The lowest BCUT2D eigenvalue weighted by Crippen LogP contribution is -2.47. The summed E-state index contributed by atoms with van der Waals surface area (Å²) < 4.78 is 0. The molecule has 0 amide bonds. The number of halogens is 1. The first-order valence-corrected chi connectivity index (χ1v) is 6.82.